The van der Waals surface area contributed by atoms with Crippen LogP contribution in [0.2, 0.25) is 0 Å². The first-order valence-corrected chi connectivity index (χ1v) is 8.47. The molecule has 1 aromatic rings. The Morgan fingerprint density at radius 2 is 2.05 bits per heavy atom. The Kier molecular flexibility index (Phi) is 6.21. The Hall–Kier alpha value is -0.510. The van der Waals surface area contributed by atoms with Crippen LogP contribution in [0.25, 0.3) is 0 Å². The highest BCUT2D eigenvalue weighted by Crippen LogP contribution is 2.21. The van der Waals surface area contributed by atoms with Crippen LogP contribution in [0.4, 0.5) is 0 Å². The molecule has 0 heterocycles. The van der Waals surface area contributed by atoms with E-state index in [4.69, 9.17) is 0 Å². The molecule has 0 unspecified atom stereocenters. The maximum absolute atomic E-state index is 3.58. The van der Waals surface area contributed by atoms with Crippen molar-refractivity contribution < 1.29 is 0 Å². The van der Waals surface area contributed by atoms with E-state index in [0.29, 0.717) is 0 Å². The van der Waals surface area contributed by atoms with E-state index in [1.807, 2.05) is 11.8 Å². The van der Waals surface area contributed by atoms with Gasteiger partial charge >= 0.3 is 0 Å². The number of nitrogens with zero attached hydrogens (tertiary/aromatic N) is 1. The average Bonchev–Trinajstić information content (AvgIpc) is 3.26. The van der Waals surface area contributed by atoms with Crippen molar-refractivity contribution in [3.63, 3.8) is 0 Å². The second-order valence-corrected chi connectivity index (χ2v) is 6.35. The molecule has 1 N–H and O–H groups in total. The lowest BCUT2D eigenvalue weighted by atomic mass is 10.2. The standard InChI is InChI=1S/C16H26N2S/c1-3-18(4-2)10-11-19-16-7-5-6-14(12-16)13-17-15-8-9-15/h5-7,12,15,17H,3-4,8-11,13H2,1-2H3. The quantitative estimate of drug-likeness (QED) is 0.697. The molecule has 0 aliphatic heterocycles. The zero-order valence-corrected chi connectivity index (χ0v) is 13.0. The van der Waals surface area contributed by atoms with Gasteiger partial charge < -0.3 is 10.2 Å². The number of hydrogen-bond donors (Lipinski definition) is 1. The molecule has 19 heavy (non-hydrogen) atoms. The van der Waals surface area contributed by atoms with Gasteiger partial charge in [-0.15, -0.1) is 11.8 Å². The number of nitrogens with one attached hydrogen (secondary N) is 1. The second kappa shape index (κ2) is 7.93. The van der Waals surface area contributed by atoms with Gasteiger partial charge in [-0.05, 0) is 43.6 Å². The lowest BCUT2D eigenvalue weighted by Crippen LogP contribution is -2.25. The van der Waals surface area contributed by atoms with Gasteiger partial charge in [-0.1, -0.05) is 26.0 Å². The minimum atomic E-state index is 0.791. The van der Waals surface area contributed by atoms with Gasteiger partial charge in [-0.2, -0.15) is 0 Å². The Labute approximate surface area is 122 Å². The monoisotopic (exact) mass is 278 g/mol. The van der Waals surface area contributed by atoms with Crippen LogP contribution >= 0.6 is 11.8 Å². The number of rotatable bonds is 9. The van der Waals surface area contributed by atoms with Crippen molar-refractivity contribution in [2.75, 3.05) is 25.4 Å². The van der Waals surface area contributed by atoms with Crippen LogP contribution in [0.5, 0.6) is 0 Å². The van der Waals surface area contributed by atoms with Crippen LogP contribution in [0.1, 0.15) is 32.3 Å². The normalized spacial score (nSPS) is 15.1. The van der Waals surface area contributed by atoms with Crippen LogP contribution in [-0.2, 0) is 6.54 Å². The van der Waals surface area contributed by atoms with E-state index in [0.717, 1.165) is 25.7 Å². The molecule has 2 nitrogen and oxygen atoms in total. The predicted molar refractivity (Wildman–Crippen MR) is 84.8 cm³/mol. The maximum atomic E-state index is 3.58. The van der Waals surface area contributed by atoms with Crippen molar-refractivity contribution in [3.8, 4) is 0 Å². The molecule has 0 radical (unpaired) electrons. The Morgan fingerprint density at radius 3 is 2.74 bits per heavy atom. The van der Waals surface area contributed by atoms with Gasteiger partial charge in [0, 0.05) is 29.8 Å². The van der Waals surface area contributed by atoms with Crippen LogP contribution in [0.3, 0.4) is 0 Å². The summed E-state index contributed by atoms with van der Waals surface area (Å²) in [6, 6.07) is 9.77. The smallest absolute Gasteiger partial charge is 0.0208 e. The Bertz CT molecular complexity index is 373. The van der Waals surface area contributed by atoms with Gasteiger partial charge in [-0.3, -0.25) is 0 Å². The third kappa shape index (κ3) is 5.55. The first kappa shape index (κ1) is 14.9. The molecule has 0 saturated heterocycles. The van der Waals surface area contributed by atoms with Gasteiger partial charge in [0.1, 0.15) is 0 Å². The van der Waals surface area contributed by atoms with Crippen molar-refractivity contribution in [2.45, 2.75) is 44.2 Å². The van der Waals surface area contributed by atoms with Gasteiger partial charge in [0.15, 0.2) is 0 Å². The summed E-state index contributed by atoms with van der Waals surface area (Å²) >= 11 is 1.97. The Balaban J connectivity index is 1.74. The highest BCUT2D eigenvalue weighted by atomic mass is 32.2. The first-order valence-electron chi connectivity index (χ1n) is 7.49. The summed E-state index contributed by atoms with van der Waals surface area (Å²) < 4.78 is 0. The zero-order chi connectivity index (χ0) is 13.5. The van der Waals surface area contributed by atoms with Gasteiger partial charge in [0.25, 0.3) is 0 Å². The lowest BCUT2D eigenvalue weighted by molar-refractivity contribution is 0.324. The largest absolute Gasteiger partial charge is 0.310 e. The summed E-state index contributed by atoms with van der Waals surface area (Å²) in [4.78, 5) is 3.88. The van der Waals surface area contributed by atoms with E-state index in [2.05, 4.69) is 48.3 Å². The molecule has 0 aromatic heterocycles. The average molecular weight is 278 g/mol. The molecule has 3 heteroatoms. The second-order valence-electron chi connectivity index (χ2n) is 5.18. The summed E-state index contributed by atoms with van der Waals surface area (Å²) in [7, 11) is 0. The molecular weight excluding hydrogens is 252 g/mol. The highest BCUT2D eigenvalue weighted by Gasteiger charge is 2.19. The number of hydrogen-bond acceptors (Lipinski definition) is 3. The topological polar surface area (TPSA) is 15.3 Å². The number of thioether (sulfide) groups is 1. The fourth-order valence-electron chi connectivity index (χ4n) is 2.13. The summed E-state index contributed by atoms with van der Waals surface area (Å²) in [5.74, 6) is 1.18. The predicted octanol–water partition coefficient (Wildman–Crippen LogP) is 3.37. The van der Waals surface area contributed by atoms with Crippen molar-refractivity contribution in [1.29, 1.82) is 0 Å². The highest BCUT2D eigenvalue weighted by molar-refractivity contribution is 7.99. The van der Waals surface area contributed by atoms with Crippen molar-refractivity contribution in [2.24, 2.45) is 0 Å². The third-order valence-electron chi connectivity index (χ3n) is 3.64. The molecule has 106 valence electrons. The van der Waals surface area contributed by atoms with Crippen LogP contribution in [-0.4, -0.2) is 36.3 Å². The van der Waals surface area contributed by atoms with Gasteiger partial charge in [0.2, 0.25) is 0 Å². The zero-order valence-electron chi connectivity index (χ0n) is 12.2. The SMILES string of the molecule is CCN(CC)CCSc1cccc(CNC2CC2)c1. The van der Waals surface area contributed by atoms with Crippen LogP contribution < -0.4 is 5.32 Å². The van der Waals surface area contributed by atoms with Crippen molar-refractivity contribution in [3.05, 3.63) is 29.8 Å². The van der Waals surface area contributed by atoms with E-state index in [-0.39, 0.29) is 0 Å². The van der Waals surface area contributed by atoms with Crippen molar-refractivity contribution >= 4 is 11.8 Å². The molecule has 0 bridgehead atoms. The Morgan fingerprint density at radius 1 is 1.26 bits per heavy atom. The molecule has 0 atom stereocenters. The molecule has 1 fully saturated rings. The third-order valence-corrected chi connectivity index (χ3v) is 4.62. The number of benzene rings is 1. The molecule has 1 aliphatic rings. The van der Waals surface area contributed by atoms with E-state index in [9.17, 15) is 0 Å². The molecule has 1 aromatic carbocycles. The van der Waals surface area contributed by atoms with Crippen LogP contribution in [0, 0.1) is 0 Å². The summed E-state index contributed by atoms with van der Waals surface area (Å²) in [6.07, 6.45) is 2.72. The minimum absolute atomic E-state index is 0.791. The first-order chi connectivity index (χ1) is 9.31. The molecule has 2 rings (SSSR count). The molecule has 1 aliphatic carbocycles. The lowest BCUT2D eigenvalue weighted by Gasteiger charge is -2.17. The van der Waals surface area contributed by atoms with E-state index >= 15 is 0 Å². The molecule has 1 saturated carbocycles. The van der Waals surface area contributed by atoms with Gasteiger partial charge in [-0.25, -0.2) is 0 Å². The molecule has 0 spiro atoms. The van der Waals surface area contributed by atoms with E-state index in [1.54, 1.807) is 0 Å². The van der Waals surface area contributed by atoms with Crippen LogP contribution in [0.15, 0.2) is 29.2 Å². The fourth-order valence-corrected chi connectivity index (χ4v) is 3.12. The minimum Gasteiger partial charge on any atom is -0.310 e. The fraction of sp³-hybridized carbons (Fsp3) is 0.625. The molecule has 0 amide bonds. The van der Waals surface area contributed by atoms with Gasteiger partial charge in [0.05, 0.1) is 0 Å². The summed E-state index contributed by atoms with van der Waals surface area (Å²) in [5, 5.41) is 3.58. The van der Waals surface area contributed by atoms with E-state index < -0.39 is 0 Å². The maximum Gasteiger partial charge on any atom is 0.0208 e. The summed E-state index contributed by atoms with van der Waals surface area (Å²) in [6.45, 7) is 8.98. The molecular formula is C16H26N2S. The van der Waals surface area contributed by atoms with Crippen molar-refractivity contribution in [1.82, 2.24) is 10.2 Å². The van der Waals surface area contributed by atoms with E-state index in [1.165, 1.54) is 35.6 Å². The summed E-state index contributed by atoms with van der Waals surface area (Å²) in [5.41, 5.74) is 1.42.